The van der Waals surface area contributed by atoms with Gasteiger partial charge in [-0.15, -0.1) is 0 Å². The fraction of sp³-hybridized carbons (Fsp3) is 0.533. The van der Waals surface area contributed by atoms with Gasteiger partial charge >= 0.3 is 0 Å². The van der Waals surface area contributed by atoms with E-state index in [1.807, 2.05) is 0 Å². The van der Waals surface area contributed by atoms with Gasteiger partial charge in [-0.25, -0.2) is 0 Å². The van der Waals surface area contributed by atoms with Crippen LogP contribution in [0.1, 0.15) is 49.8 Å². The number of hydrogen-bond acceptors (Lipinski definition) is 1. The Labute approximate surface area is 104 Å². The molecule has 2 N–H and O–H groups in total. The first kappa shape index (κ1) is 13.8. The number of carbonyl (C=O) groups is 1. The lowest BCUT2D eigenvalue weighted by atomic mass is 9.73. The summed E-state index contributed by atoms with van der Waals surface area (Å²) >= 11 is 0. The molecule has 0 saturated carbocycles. The lowest BCUT2D eigenvalue weighted by Crippen LogP contribution is -2.25. The highest BCUT2D eigenvalue weighted by molar-refractivity contribution is 5.75. The molecule has 0 aliphatic carbocycles. The Hall–Kier alpha value is -1.31. The van der Waals surface area contributed by atoms with Crippen LogP contribution in [-0.4, -0.2) is 5.91 Å². The van der Waals surface area contributed by atoms with Crippen molar-refractivity contribution < 1.29 is 4.79 Å². The molecule has 0 aliphatic heterocycles. The highest BCUT2D eigenvalue weighted by atomic mass is 16.1. The predicted octanol–water partition coefficient (Wildman–Crippen LogP) is 3.31. The average Bonchev–Trinajstić information content (AvgIpc) is 2.17. The van der Waals surface area contributed by atoms with Gasteiger partial charge in [-0.05, 0) is 41.9 Å². The minimum absolute atomic E-state index is 0.0353. The van der Waals surface area contributed by atoms with E-state index in [1.54, 1.807) is 0 Å². The number of carbonyl (C=O) groups excluding carboxylic acids is 1. The van der Waals surface area contributed by atoms with E-state index in [0.717, 1.165) is 0 Å². The van der Waals surface area contributed by atoms with Crippen molar-refractivity contribution in [3.05, 3.63) is 34.9 Å². The molecule has 1 aromatic carbocycles. The van der Waals surface area contributed by atoms with Crippen LogP contribution in [0.15, 0.2) is 18.2 Å². The molecule has 1 rings (SSSR count). The quantitative estimate of drug-likeness (QED) is 0.855. The lowest BCUT2D eigenvalue weighted by molar-refractivity contribution is -0.118. The van der Waals surface area contributed by atoms with Crippen molar-refractivity contribution in [1.82, 2.24) is 0 Å². The summed E-state index contributed by atoms with van der Waals surface area (Å²) in [7, 11) is 0. The maximum atomic E-state index is 11.2. The number of nitrogens with two attached hydrogens (primary N) is 1. The largest absolute Gasteiger partial charge is 0.370 e. The van der Waals surface area contributed by atoms with Gasteiger partial charge in [0.25, 0.3) is 0 Å². The van der Waals surface area contributed by atoms with Crippen molar-refractivity contribution in [2.24, 2.45) is 11.1 Å². The van der Waals surface area contributed by atoms with Crippen molar-refractivity contribution in [3.8, 4) is 0 Å². The van der Waals surface area contributed by atoms with E-state index < -0.39 is 0 Å². The molecule has 1 atom stereocenters. The molecule has 94 valence electrons. The van der Waals surface area contributed by atoms with Crippen LogP contribution in [0, 0.1) is 19.3 Å². The maximum absolute atomic E-state index is 11.2. The van der Waals surface area contributed by atoms with Crippen LogP contribution in [0.2, 0.25) is 0 Å². The zero-order valence-electron chi connectivity index (χ0n) is 11.5. The monoisotopic (exact) mass is 233 g/mol. The molecule has 0 radical (unpaired) electrons. The Kier molecular flexibility index (Phi) is 3.97. The Balaban J connectivity index is 3.22. The number of hydrogen-bond donors (Lipinski definition) is 1. The summed E-state index contributed by atoms with van der Waals surface area (Å²) in [5.74, 6) is -0.0502. The molecule has 2 nitrogen and oxygen atoms in total. The number of aryl methyl sites for hydroxylation is 1. The topological polar surface area (TPSA) is 43.1 Å². The first-order valence-corrected chi connectivity index (χ1v) is 6.08. The maximum Gasteiger partial charge on any atom is 0.218 e. The van der Waals surface area contributed by atoms with Crippen LogP contribution in [0.25, 0.3) is 0 Å². The van der Waals surface area contributed by atoms with Crippen LogP contribution in [0.3, 0.4) is 0 Å². The van der Waals surface area contributed by atoms with Crippen LogP contribution >= 0.6 is 0 Å². The molecule has 2 heteroatoms. The van der Waals surface area contributed by atoms with Gasteiger partial charge in [0.1, 0.15) is 0 Å². The smallest absolute Gasteiger partial charge is 0.218 e. The fourth-order valence-corrected chi connectivity index (χ4v) is 2.24. The SMILES string of the molecule is Cc1cccc(C(CC(N)=O)C(C)(C)C)c1C. The zero-order chi connectivity index (χ0) is 13.2. The van der Waals surface area contributed by atoms with Crippen LogP contribution in [0.4, 0.5) is 0 Å². The van der Waals surface area contributed by atoms with Gasteiger partial charge in [0.2, 0.25) is 5.91 Å². The molecule has 1 amide bonds. The number of rotatable bonds is 3. The number of benzene rings is 1. The Morgan fingerprint density at radius 2 is 1.88 bits per heavy atom. The second-order valence-corrected chi connectivity index (χ2v) is 5.88. The van der Waals surface area contributed by atoms with Crippen molar-refractivity contribution in [2.75, 3.05) is 0 Å². The van der Waals surface area contributed by atoms with E-state index in [9.17, 15) is 4.79 Å². The molecule has 1 unspecified atom stereocenters. The van der Waals surface area contributed by atoms with Gasteiger partial charge in [-0.3, -0.25) is 4.79 Å². The molecule has 0 aromatic heterocycles. The highest BCUT2D eigenvalue weighted by Gasteiger charge is 2.29. The summed E-state index contributed by atoms with van der Waals surface area (Å²) in [6.07, 6.45) is 0.411. The molecular formula is C15H23NO. The third kappa shape index (κ3) is 3.32. The van der Waals surface area contributed by atoms with Crippen molar-refractivity contribution in [2.45, 2.75) is 47.0 Å². The fourth-order valence-electron chi connectivity index (χ4n) is 2.24. The second kappa shape index (κ2) is 4.91. The molecule has 0 aliphatic rings. The Morgan fingerprint density at radius 1 is 1.29 bits per heavy atom. The molecule has 17 heavy (non-hydrogen) atoms. The second-order valence-electron chi connectivity index (χ2n) is 5.88. The first-order chi connectivity index (χ1) is 7.73. The third-order valence-corrected chi connectivity index (χ3v) is 3.47. The predicted molar refractivity (Wildman–Crippen MR) is 71.9 cm³/mol. The minimum atomic E-state index is -0.231. The summed E-state index contributed by atoms with van der Waals surface area (Å²) < 4.78 is 0. The lowest BCUT2D eigenvalue weighted by Gasteiger charge is -2.32. The Morgan fingerprint density at radius 3 is 2.35 bits per heavy atom. The summed E-state index contributed by atoms with van der Waals surface area (Å²) in [6.45, 7) is 10.7. The summed E-state index contributed by atoms with van der Waals surface area (Å²) in [4.78, 5) is 11.2. The van der Waals surface area contributed by atoms with E-state index in [4.69, 9.17) is 5.73 Å². The van der Waals surface area contributed by atoms with E-state index >= 15 is 0 Å². The van der Waals surface area contributed by atoms with Gasteiger partial charge in [-0.1, -0.05) is 39.0 Å². The third-order valence-electron chi connectivity index (χ3n) is 3.47. The normalized spacial score (nSPS) is 13.5. The molecule has 1 aromatic rings. The van der Waals surface area contributed by atoms with Crippen molar-refractivity contribution in [1.29, 1.82) is 0 Å². The van der Waals surface area contributed by atoms with Crippen molar-refractivity contribution in [3.63, 3.8) is 0 Å². The number of primary amides is 1. The Bertz CT molecular complexity index is 415. The standard InChI is InChI=1S/C15H23NO/c1-10-7-6-8-12(11(10)2)13(9-14(16)17)15(3,4)5/h6-8,13H,9H2,1-5H3,(H2,16,17). The summed E-state index contributed by atoms with van der Waals surface area (Å²) in [5, 5.41) is 0. The summed E-state index contributed by atoms with van der Waals surface area (Å²) in [6, 6.07) is 6.27. The highest BCUT2D eigenvalue weighted by Crippen LogP contribution is 2.39. The van der Waals surface area contributed by atoms with Crippen molar-refractivity contribution >= 4 is 5.91 Å². The van der Waals surface area contributed by atoms with Crippen LogP contribution in [-0.2, 0) is 4.79 Å². The summed E-state index contributed by atoms with van der Waals surface area (Å²) in [5.41, 5.74) is 9.20. The first-order valence-electron chi connectivity index (χ1n) is 6.08. The zero-order valence-corrected chi connectivity index (χ0v) is 11.5. The molecular weight excluding hydrogens is 210 g/mol. The van der Waals surface area contributed by atoms with Crippen LogP contribution < -0.4 is 5.73 Å². The molecule has 0 saturated heterocycles. The van der Waals surface area contributed by atoms with Gasteiger partial charge in [0.15, 0.2) is 0 Å². The van der Waals surface area contributed by atoms with Crippen LogP contribution in [0.5, 0.6) is 0 Å². The average molecular weight is 233 g/mol. The van der Waals surface area contributed by atoms with Gasteiger partial charge in [0.05, 0.1) is 0 Å². The van der Waals surface area contributed by atoms with E-state index in [2.05, 4.69) is 52.8 Å². The van der Waals surface area contributed by atoms with Gasteiger partial charge in [0, 0.05) is 6.42 Å². The van der Waals surface area contributed by atoms with Gasteiger partial charge < -0.3 is 5.73 Å². The molecule has 0 bridgehead atoms. The molecule has 0 fully saturated rings. The van der Waals surface area contributed by atoms with Gasteiger partial charge in [-0.2, -0.15) is 0 Å². The van der Waals surface area contributed by atoms with E-state index in [1.165, 1.54) is 16.7 Å². The van der Waals surface area contributed by atoms with E-state index in [-0.39, 0.29) is 17.2 Å². The minimum Gasteiger partial charge on any atom is -0.370 e. The van der Waals surface area contributed by atoms with E-state index in [0.29, 0.717) is 6.42 Å². The molecule has 0 spiro atoms. The number of amides is 1. The molecule has 0 heterocycles.